The van der Waals surface area contributed by atoms with E-state index in [4.69, 9.17) is 10.8 Å². The van der Waals surface area contributed by atoms with Gasteiger partial charge in [0.2, 0.25) is 5.91 Å². The van der Waals surface area contributed by atoms with E-state index in [0.29, 0.717) is 13.0 Å². The van der Waals surface area contributed by atoms with Gasteiger partial charge >= 0.3 is 0 Å². The number of rotatable bonds is 5. The molecule has 0 fully saturated rings. The Labute approximate surface area is 95.5 Å². The first kappa shape index (κ1) is 12.5. The average molecular weight is 222 g/mol. The highest BCUT2D eigenvalue weighted by molar-refractivity contribution is 5.74. The Bertz CT molecular complexity index is 358. The summed E-state index contributed by atoms with van der Waals surface area (Å²) >= 11 is 0. The minimum Gasteiger partial charge on any atom is -0.508 e. The third-order valence-electron chi connectivity index (χ3n) is 2.32. The first-order valence-corrected chi connectivity index (χ1v) is 5.20. The molecule has 1 amide bonds. The molecule has 0 spiro atoms. The Morgan fingerprint density at radius 1 is 1.38 bits per heavy atom. The quantitative estimate of drug-likeness (QED) is 0.699. The molecule has 0 radical (unpaired) electrons. The van der Waals surface area contributed by atoms with Crippen LogP contribution in [-0.2, 0) is 11.3 Å². The number of primary amides is 1. The van der Waals surface area contributed by atoms with Crippen LogP contribution in [0.5, 0.6) is 5.75 Å². The van der Waals surface area contributed by atoms with Crippen LogP contribution in [-0.4, -0.2) is 16.6 Å². The maximum Gasteiger partial charge on any atom is 0.219 e. The topological polar surface area (TPSA) is 75.4 Å². The Hall–Kier alpha value is -1.55. The largest absolute Gasteiger partial charge is 0.508 e. The summed E-state index contributed by atoms with van der Waals surface area (Å²) in [6.45, 7) is 4.50. The first-order valence-electron chi connectivity index (χ1n) is 5.20. The van der Waals surface area contributed by atoms with Crippen molar-refractivity contribution < 1.29 is 9.90 Å². The molecule has 0 saturated carbocycles. The number of phenols is 1. The summed E-state index contributed by atoms with van der Waals surface area (Å²) in [5.41, 5.74) is 5.89. The smallest absolute Gasteiger partial charge is 0.219 e. The Balaban J connectivity index is 2.50. The fourth-order valence-corrected chi connectivity index (χ4v) is 1.45. The van der Waals surface area contributed by atoms with E-state index >= 15 is 0 Å². The van der Waals surface area contributed by atoms with Crippen molar-refractivity contribution >= 4 is 5.91 Å². The Kier molecular flexibility index (Phi) is 3.90. The fourth-order valence-electron chi connectivity index (χ4n) is 1.45. The zero-order valence-corrected chi connectivity index (χ0v) is 9.66. The van der Waals surface area contributed by atoms with Gasteiger partial charge < -0.3 is 16.2 Å². The highest BCUT2D eigenvalue weighted by Crippen LogP contribution is 2.12. The van der Waals surface area contributed by atoms with Crippen LogP contribution in [0.3, 0.4) is 0 Å². The summed E-state index contributed by atoms with van der Waals surface area (Å²) in [6.07, 6.45) is 0.297. The van der Waals surface area contributed by atoms with Gasteiger partial charge in [-0.15, -0.1) is 0 Å². The molecule has 0 aliphatic heterocycles. The number of aromatic hydroxyl groups is 1. The van der Waals surface area contributed by atoms with Crippen LogP contribution in [0.25, 0.3) is 0 Å². The van der Waals surface area contributed by atoms with Gasteiger partial charge in [0.1, 0.15) is 5.75 Å². The number of carbonyl (C=O) groups excluding carboxylic acids is 1. The van der Waals surface area contributed by atoms with Crippen molar-refractivity contribution in [3.05, 3.63) is 29.8 Å². The molecular formula is C12H18N2O2. The molecule has 4 N–H and O–H groups in total. The molecule has 4 nitrogen and oxygen atoms in total. The maximum absolute atomic E-state index is 10.8. The molecule has 16 heavy (non-hydrogen) atoms. The Morgan fingerprint density at radius 3 is 2.44 bits per heavy atom. The van der Waals surface area contributed by atoms with E-state index in [1.54, 1.807) is 12.1 Å². The molecule has 0 aliphatic carbocycles. The number of benzene rings is 1. The van der Waals surface area contributed by atoms with Gasteiger partial charge in [0.05, 0.1) is 0 Å². The average Bonchev–Trinajstić information content (AvgIpc) is 2.15. The molecule has 4 heteroatoms. The van der Waals surface area contributed by atoms with Crippen LogP contribution in [0.1, 0.15) is 25.8 Å². The van der Waals surface area contributed by atoms with Crippen molar-refractivity contribution in [3.63, 3.8) is 0 Å². The highest BCUT2D eigenvalue weighted by atomic mass is 16.3. The lowest BCUT2D eigenvalue weighted by molar-refractivity contribution is -0.119. The lowest BCUT2D eigenvalue weighted by Gasteiger charge is -2.24. The minimum absolute atomic E-state index is 0.250. The third-order valence-corrected chi connectivity index (χ3v) is 2.32. The third kappa shape index (κ3) is 4.31. The standard InChI is InChI=1S/C12H18N2O2/c1-12(2,7-11(13)16)14-8-9-3-5-10(15)6-4-9/h3-6,14-15H,7-8H2,1-2H3,(H2,13,16). The molecule has 1 aromatic rings. The first-order chi connectivity index (χ1) is 7.39. The zero-order valence-electron chi connectivity index (χ0n) is 9.66. The second-order valence-electron chi connectivity index (χ2n) is 4.55. The summed E-state index contributed by atoms with van der Waals surface area (Å²) in [5, 5.41) is 12.4. The van der Waals surface area contributed by atoms with Crippen LogP contribution in [0, 0.1) is 0 Å². The summed E-state index contributed by atoms with van der Waals surface area (Å²) in [7, 11) is 0. The van der Waals surface area contributed by atoms with Crippen molar-refractivity contribution in [2.75, 3.05) is 0 Å². The van der Waals surface area contributed by atoms with Crippen molar-refractivity contribution in [3.8, 4) is 5.75 Å². The molecule has 0 atom stereocenters. The maximum atomic E-state index is 10.8. The van der Waals surface area contributed by atoms with Gasteiger partial charge in [-0.3, -0.25) is 4.79 Å². The van der Waals surface area contributed by atoms with Gasteiger partial charge in [-0.25, -0.2) is 0 Å². The van der Waals surface area contributed by atoms with Gasteiger partial charge in [0, 0.05) is 18.5 Å². The SMILES string of the molecule is CC(C)(CC(N)=O)NCc1ccc(O)cc1. The molecule has 88 valence electrons. The lowest BCUT2D eigenvalue weighted by Crippen LogP contribution is -2.42. The van der Waals surface area contributed by atoms with Crippen molar-refractivity contribution in [1.29, 1.82) is 0 Å². The van der Waals surface area contributed by atoms with Crippen LogP contribution in [0.15, 0.2) is 24.3 Å². The van der Waals surface area contributed by atoms with Crippen molar-refractivity contribution in [1.82, 2.24) is 5.32 Å². The summed E-state index contributed by atoms with van der Waals surface area (Å²) in [6, 6.07) is 6.95. The van der Waals surface area contributed by atoms with Gasteiger partial charge in [-0.05, 0) is 31.5 Å². The van der Waals surface area contributed by atoms with E-state index in [1.165, 1.54) is 0 Å². The van der Waals surface area contributed by atoms with E-state index in [1.807, 2.05) is 26.0 Å². The number of nitrogens with one attached hydrogen (secondary N) is 1. The fraction of sp³-hybridized carbons (Fsp3) is 0.417. The predicted octanol–water partition coefficient (Wildman–Crippen LogP) is 1.14. The molecule has 0 saturated heterocycles. The molecule has 1 aromatic carbocycles. The lowest BCUT2D eigenvalue weighted by atomic mass is 10.00. The normalized spacial score (nSPS) is 11.4. The summed E-state index contributed by atoms with van der Waals surface area (Å²) in [5.74, 6) is -0.0663. The molecule has 1 rings (SSSR count). The molecule has 0 aromatic heterocycles. The van der Waals surface area contributed by atoms with E-state index < -0.39 is 0 Å². The number of carbonyl (C=O) groups is 1. The van der Waals surface area contributed by atoms with Crippen LogP contribution >= 0.6 is 0 Å². The van der Waals surface area contributed by atoms with E-state index in [2.05, 4.69) is 5.32 Å². The number of phenolic OH excluding ortho intramolecular Hbond substituents is 1. The van der Waals surface area contributed by atoms with Gasteiger partial charge in [-0.1, -0.05) is 12.1 Å². The van der Waals surface area contributed by atoms with Crippen LogP contribution in [0.2, 0.25) is 0 Å². The van der Waals surface area contributed by atoms with Crippen molar-refractivity contribution in [2.24, 2.45) is 5.73 Å². The van der Waals surface area contributed by atoms with Gasteiger partial charge in [0.25, 0.3) is 0 Å². The molecular weight excluding hydrogens is 204 g/mol. The van der Waals surface area contributed by atoms with E-state index in [9.17, 15) is 4.79 Å². The van der Waals surface area contributed by atoms with Crippen LogP contribution < -0.4 is 11.1 Å². The number of nitrogens with two attached hydrogens (primary N) is 1. The number of hydrogen-bond acceptors (Lipinski definition) is 3. The van der Waals surface area contributed by atoms with E-state index in [0.717, 1.165) is 5.56 Å². The highest BCUT2D eigenvalue weighted by Gasteiger charge is 2.19. The summed E-state index contributed by atoms with van der Waals surface area (Å²) < 4.78 is 0. The summed E-state index contributed by atoms with van der Waals surface area (Å²) in [4.78, 5) is 10.8. The van der Waals surface area contributed by atoms with Crippen LogP contribution in [0.4, 0.5) is 0 Å². The number of amides is 1. The number of hydrogen-bond donors (Lipinski definition) is 3. The molecule has 0 aliphatic rings. The Morgan fingerprint density at radius 2 is 1.94 bits per heavy atom. The second-order valence-corrected chi connectivity index (χ2v) is 4.55. The molecule has 0 heterocycles. The zero-order chi connectivity index (χ0) is 12.2. The van der Waals surface area contributed by atoms with E-state index in [-0.39, 0.29) is 17.2 Å². The van der Waals surface area contributed by atoms with Crippen molar-refractivity contribution in [2.45, 2.75) is 32.4 Å². The molecule has 0 bridgehead atoms. The minimum atomic E-state index is -0.316. The van der Waals surface area contributed by atoms with Gasteiger partial charge in [-0.2, -0.15) is 0 Å². The van der Waals surface area contributed by atoms with Gasteiger partial charge in [0.15, 0.2) is 0 Å². The molecule has 0 unspecified atom stereocenters. The second kappa shape index (κ2) is 4.99. The monoisotopic (exact) mass is 222 g/mol. The predicted molar refractivity (Wildman–Crippen MR) is 62.8 cm³/mol.